The Bertz CT molecular complexity index is 670. The highest BCUT2D eigenvalue weighted by molar-refractivity contribution is 5.54. The molecule has 3 rings (SSSR count). The Kier molecular flexibility index (Phi) is 2.60. The SMILES string of the molecule is CNCc1c(C)nc2ccc(-c3ccco3)nn12. The van der Waals surface area contributed by atoms with E-state index in [0.717, 1.165) is 35.0 Å². The Balaban J connectivity index is 2.18. The van der Waals surface area contributed by atoms with E-state index in [4.69, 9.17) is 4.42 Å². The van der Waals surface area contributed by atoms with Gasteiger partial charge in [0.25, 0.3) is 0 Å². The summed E-state index contributed by atoms with van der Waals surface area (Å²) in [6.45, 7) is 2.73. The van der Waals surface area contributed by atoms with Gasteiger partial charge in [0.05, 0.1) is 17.7 Å². The van der Waals surface area contributed by atoms with Crippen LogP contribution in [0.3, 0.4) is 0 Å². The van der Waals surface area contributed by atoms with Gasteiger partial charge in [-0.05, 0) is 38.2 Å². The van der Waals surface area contributed by atoms with Crippen molar-refractivity contribution in [2.45, 2.75) is 13.5 Å². The molecule has 0 saturated carbocycles. The van der Waals surface area contributed by atoms with Gasteiger partial charge < -0.3 is 9.73 Å². The molecule has 0 saturated heterocycles. The van der Waals surface area contributed by atoms with Gasteiger partial charge in [-0.3, -0.25) is 0 Å². The van der Waals surface area contributed by atoms with Crippen molar-refractivity contribution in [1.82, 2.24) is 19.9 Å². The Hall–Kier alpha value is -2.14. The second-order valence-corrected chi connectivity index (χ2v) is 4.14. The fourth-order valence-corrected chi connectivity index (χ4v) is 2.02. The third kappa shape index (κ3) is 1.69. The third-order valence-electron chi connectivity index (χ3n) is 2.89. The number of hydrogen-bond donors (Lipinski definition) is 1. The second kappa shape index (κ2) is 4.27. The number of nitrogens with zero attached hydrogens (tertiary/aromatic N) is 3. The quantitative estimate of drug-likeness (QED) is 0.763. The zero-order valence-electron chi connectivity index (χ0n) is 10.3. The van der Waals surface area contributed by atoms with Crippen LogP contribution in [-0.2, 0) is 6.54 Å². The molecule has 5 heteroatoms. The number of imidazole rings is 1. The van der Waals surface area contributed by atoms with Crippen molar-refractivity contribution < 1.29 is 4.42 Å². The van der Waals surface area contributed by atoms with Gasteiger partial charge in [-0.1, -0.05) is 0 Å². The zero-order valence-corrected chi connectivity index (χ0v) is 10.3. The van der Waals surface area contributed by atoms with E-state index in [-0.39, 0.29) is 0 Å². The highest BCUT2D eigenvalue weighted by Gasteiger charge is 2.11. The normalized spacial score (nSPS) is 11.2. The summed E-state index contributed by atoms with van der Waals surface area (Å²) in [5.74, 6) is 0.763. The standard InChI is InChI=1S/C13H14N4O/c1-9-11(8-14-2)17-13(15-9)6-5-10(16-17)12-4-3-7-18-12/h3-7,14H,8H2,1-2H3. The maximum absolute atomic E-state index is 5.36. The number of aromatic nitrogens is 3. The van der Waals surface area contributed by atoms with Gasteiger partial charge in [-0.15, -0.1) is 0 Å². The van der Waals surface area contributed by atoms with E-state index in [9.17, 15) is 0 Å². The van der Waals surface area contributed by atoms with Crippen molar-refractivity contribution in [2.24, 2.45) is 0 Å². The van der Waals surface area contributed by atoms with Gasteiger partial charge in [-0.2, -0.15) is 5.10 Å². The highest BCUT2D eigenvalue weighted by Crippen LogP contribution is 2.19. The molecule has 18 heavy (non-hydrogen) atoms. The van der Waals surface area contributed by atoms with Gasteiger partial charge in [0.1, 0.15) is 5.69 Å². The van der Waals surface area contributed by atoms with Crippen molar-refractivity contribution >= 4 is 5.65 Å². The van der Waals surface area contributed by atoms with E-state index in [2.05, 4.69) is 15.4 Å². The summed E-state index contributed by atoms with van der Waals surface area (Å²) >= 11 is 0. The first-order chi connectivity index (χ1) is 8.79. The van der Waals surface area contributed by atoms with Gasteiger partial charge in [-0.25, -0.2) is 9.50 Å². The molecule has 0 atom stereocenters. The minimum absolute atomic E-state index is 0.738. The largest absolute Gasteiger partial charge is 0.463 e. The molecule has 0 aromatic carbocycles. The Morgan fingerprint density at radius 3 is 2.94 bits per heavy atom. The summed E-state index contributed by atoms with van der Waals surface area (Å²) in [6.07, 6.45) is 1.65. The van der Waals surface area contributed by atoms with Gasteiger partial charge in [0.2, 0.25) is 0 Å². The molecule has 5 nitrogen and oxygen atoms in total. The predicted octanol–water partition coefficient (Wildman–Crippen LogP) is 2.02. The number of furan rings is 1. The van der Waals surface area contributed by atoms with Crippen LogP contribution in [0.4, 0.5) is 0 Å². The molecule has 92 valence electrons. The molecule has 0 bridgehead atoms. The van der Waals surface area contributed by atoms with Gasteiger partial charge in [0, 0.05) is 6.54 Å². The molecule has 0 aliphatic rings. The maximum Gasteiger partial charge on any atom is 0.154 e. The fourth-order valence-electron chi connectivity index (χ4n) is 2.02. The summed E-state index contributed by atoms with van der Waals surface area (Å²) in [7, 11) is 1.91. The maximum atomic E-state index is 5.36. The molecule has 0 fully saturated rings. The number of nitrogens with one attached hydrogen (secondary N) is 1. The number of fused-ring (bicyclic) bond motifs is 1. The van der Waals surface area contributed by atoms with Crippen LogP contribution in [0.1, 0.15) is 11.4 Å². The summed E-state index contributed by atoms with van der Waals surface area (Å²) < 4.78 is 7.23. The number of rotatable bonds is 3. The molecule has 0 amide bonds. The highest BCUT2D eigenvalue weighted by atomic mass is 16.3. The van der Waals surface area contributed by atoms with E-state index in [1.54, 1.807) is 6.26 Å². The van der Waals surface area contributed by atoms with E-state index in [1.807, 2.05) is 42.8 Å². The van der Waals surface area contributed by atoms with Crippen molar-refractivity contribution in [1.29, 1.82) is 0 Å². The second-order valence-electron chi connectivity index (χ2n) is 4.14. The lowest BCUT2D eigenvalue weighted by molar-refractivity contribution is 0.577. The van der Waals surface area contributed by atoms with Crippen LogP contribution in [0.5, 0.6) is 0 Å². The smallest absolute Gasteiger partial charge is 0.154 e. The molecule has 0 spiro atoms. The minimum Gasteiger partial charge on any atom is -0.463 e. The predicted molar refractivity (Wildman–Crippen MR) is 68.2 cm³/mol. The van der Waals surface area contributed by atoms with Crippen molar-refractivity contribution in [3.05, 3.63) is 41.9 Å². The lowest BCUT2D eigenvalue weighted by Gasteiger charge is -2.02. The zero-order chi connectivity index (χ0) is 12.5. The molecule has 0 radical (unpaired) electrons. The van der Waals surface area contributed by atoms with E-state index >= 15 is 0 Å². The molecule has 0 unspecified atom stereocenters. The average Bonchev–Trinajstić information content (AvgIpc) is 2.98. The van der Waals surface area contributed by atoms with E-state index in [0.29, 0.717) is 0 Å². The van der Waals surface area contributed by atoms with Crippen LogP contribution in [0, 0.1) is 6.92 Å². The van der Waals surface area contributed by atoms with Gasteiger partial charge in [0.15, 0.2) is 11.4 Å². The molecular formula is C13H14N4O. The number of hydrogen-bond acceptors (Lipinski definition) is 4. The Morgan fingerprint density at radius 1 is 1.33 bits per heavy atom. The van der Waals surface area contributed by atoms with E-state index < -0.39 is 0 Å². The molecular weight excluding hydrogens is 228 g/mol. The lowest BCUT2D eigenvalue weighted by Crippen LogP contribution is -2.10. The monoisotopic (exact) mass is 242 g/mol. The molecule has 3 heterocycles. The topological polar surface area (TPSA) is 55.4 Å². The van der Waals surface area contributed by atoms with Crippen LogP contribution < -0.4 is 5.32 Å². The molecule has 0 aliphatic carbocycles. The first-order valence-corrected chi connectivity index (χ1v) is 5.83. The first kappa shape index (κ1) is 11.0. The first-order valence-electron chi connectivity index (χ1n) is 5.83. The van der Waals surface area contributed by atoms with E-state index in [1.165, 1.54) is 0 Å². The van der Waals surface area contributed by atoms with Crippen LogP contribution >= 0.6 is 0 Å². The molecule has 3 aromatic rings. The Labute approximate surface area is 104 Å². The Morgan fingerprint density at radius 2 is 2.22 bits per heavy atom. The van der Waals surface area contributed by atoms with Crippen LogP contribution in [0.25, 0.3) is 17.1 Å². The minimum atomic E-state index is 0.738. The lowest BCUT2D eigenvalue weighted by atomic mass is 10.3. The van der Waals surface area contributed by atoms with Crippen LogP contribution in [0.2, 0.25) is 0 Å². The van der Waals surface area contributed by atoms with Gasteiger partial charge >= 0.3 is 0 Å². The summed E-state index contributed by atoms with van der Waals surface area (Å²) in [5, 5.41) is 7.71. The van der Waals surface area contributed by atoms with Crippen LogP contribution in [0.15, 0.2) is 34.9 Å². The number of aryl methyl sites for hydroxylation is 1. The molecule has 0 aliphatic heterocycles. The average molecular weight is 242 g/mol. The summed E-state index contributed by atoms with van der Waals surface area (Å²) in [6, 6.07) is 7.63. The molecule has 1 N–H and O–H groups in total. The fraction of sp³-hybridized carbons (Fsp3) is 0.231. The van der Waals surface area contributed by atoms with Crippen molar-refractivity contribution in [3.63, 3.8) is 0 Å². The van der Waals surface area contributed by atoms with Crippen molar-refractivity contribution in [3.8, 4) is 11.5 Å². The third-order valence-corrected chi connectivity index (χ3v) is 2.89. The summed E-state index contributed by atoms with van der Waals surface area (Å²) in [4.78, 5) is 4.48. The van der Waals surface area contributed by atoms with Crippen molar-refractivity contribution in [2.75, 3.05) is 7.05 Å². The van der Waals surface area contributed by atoms with Crippen LogP contribution in [-0.4, -0.2) is 21.6 Å². The summed E-state index contributed by atoms with van der Waals surface area (Å²) in [5.41, 5.74) is 3.73. The molecule has 3 aromatic heterocycles.